The normalized spacial score (nSPS) is 18.7. The van der Waals surface area contributed by atoms with Gasteiger partial charge in [0.25, 0.3) is 0 Å². The summed E-state index contributed by atoms with van der Waals surface area (Å²) in [4.78, 5) is 17.7. The summed E-state index contributed by atoms with van der Waals surface area (Å²) >= 11 is 3.59. The highest BCUT2D eigenvalue weighted by Gasteiger charge is 2.35. The molecule has 1 amide bonds. The van der Waals surface area contributed by atoms with E-state index in [0.717, 1.165) is 42.3 Å². The Morgan fingerprint density at radius 2 is 2.21 bits per heavy atom. The number of nitrogens with one attached hydrogen (secondary N) is 1. The summed E-state index contributed by atoms with van der Waals surface area (Å²) in [7, 11) is 0. The van der Waals surface area contributed by atoms with Crippen LogP contribution in [0.2, 0.25) is 0 Å². The van der Waals surface area contributed by atoms with Crippen LogP contribution in [0.1, 0.15) is 24.1 Å². The summed E-state index contributed by atoms with van der Waals surface area (Å²) in [6.07, 6.45) is 3.11. The van der Waals surface area contributed by atoms with E-state index in [-0.39, 0.29) is 0 Å². The number of fused-ring (bicyclic) bond motifs is 3. The number of carbonyl (C=O) groups is 1. The van der Waals surface area contributed by atoms with Crippen molar-refractivity contribution in [3.05, 3.63) is 33.9 Å². The molecule has 3 nitrogen and oxygen atoms in total. The monoisotopic (exact) mass is 318 g/mol. The van der Waals surface area contributed by atoms with Crippen LogP contribution in [0.4, 0.5) is 0 Å². The highest BCUT2D eigenvalue weighted by molar-refractivity contribution is 9.10. The molecule has 1 fully saturated rings. The molecule has 0 saturated heterocycles. The van der Waals surface area contributed by atoms with E-state index in [0.29, 0.717) is 11.8 Å². The molecular weight excluding hydrogens is 304 g/mol. The number of nitrogens with zero attached hydrogens (tertiary/aromatic N) is 1. The Kier molecular flexibility index (Phi) is 2.49. The van der Waals surface area contributed by atoms with Gasteiger partial charge in [-0.25, -0.2) is 0 Å². The number of rotatable bonds is 1. The Morgan fingerprint density at radius 1 is 1.37 bits per heavy atom. The van der Waals surface area contributed by atoms with Crippen LogP contribution in [0.15, 0.2) is 22.7 Å². The molecule has 19 heavy (non-hydrogen) atoms. The maximum Gasteiger partial charge on any atom is 0.225 e. The van der Waals surface area contributed by atoms with Gasteiger partial charge in [0, 0.05) is 46.5 Å². The van der Waals surface area contributed by atoms with Crippen molar-refractivity contribution in [3.63, 3.8) is 0 Å². The van der Waals surface area contributed by atoms with Gasteiger partial charge in [-0.3, -0.25) is 4.79 Å². The number of H-pyrrole nitrogens is 1. The zero-order valence-corrected chi connectivity index (χ0v) is 12.2. The molecule has 1 aromatic heterocycles. The lowest BCUT2D eigenvalue weighted by molar-refractivity contribution is -0.133. The molecule has 1 N–H and O–H groups in total. The lowest BCUT2D eigenvalue weighted by Crippen LogP contribution is -2.36. The molecular formula is C15H15BrN2O. The van der Waals surface area contributed by atoms with Gasteiger partial charge in [0.1, 0.15) is 0 Å². The smallest absolute Gasteiger partial charge is 0.225 e. The number of aromatic nitrogens is 1. The van der Waals surface area contributed by atoms with E-state index in [2.05, 4.69) is 39.1 Å². The van der Waals surface area contributed by atoms with Gasteiger partial charge >= 0.3 is 0 Å². The molecule has 1 aliphatic carbocycles. The largest absolute Gasteiger partial charge is 0.357 e. The molecule has 1 saturated carbocycles. The maximum atomic E-state index is 12.2. The second-order valence-corrected chi connectivity index (χ2v) is 6.38. The fraction of sp³-hybridized carbons (Fsp3) is 0.400. The molecule has 1 aromatic carbocycles. The highest BCUT2D eigenvalue weighted by Crippen LogP contribution is 2.35. The quantitative estimate of drug-likeness (QED) is 0.861. The summed E-state index contributed by atoms with van der Waals surface area (Å²) in [5.74, 6) is 0.675. The number of aromatic amines is 1. The molecule has 0 atom stereocenters. The van der Waals surface area contributed by atoms with E-state index in [1.807, 2.05) is 4.90 Å². The Bertz CT molecular complexity index is 672. The number of hydrogen-bond donors (Lipinski definition) is 1. The standard InChI is InChI=1S/C15H15BrN2O/c16-12-3-1-2-10-11-8-18(15(19)9-4-5-9)7-6-13(11)17-14(10)12/h1-3,9,17H,4-8H2. The second-order valence-electron chi connectivity index (χ2n) is 5.53. The van der Waals surface area contributed by atoms with Crippen LogP contribution in [0, 0.1) is 5.92 Å². The van der Waals surface area contributed by atoms with Gasteiger partial charge in [-0.2, -0.15) is 0 Å². The molecule has 2 aliphatic rings. The van der Waals surface area contributed by atoms with Crippen LogP contribution < -0.4 is 0 Å². The molecule has 98 valence electrons. The number of benzene rings is 1. The van der Waals surface area contributed by atoms with Crippen LogP contribution in [-0.4, -0.2) is 22.3 Å². The fourth-order valence-electron chi connectivity index (χ4n) is 2.98. The minimum Gasteiger partial charge on any atom is -0.357 e. The first-order valence-electron chi connectivity index (χ1n) is 6.81. The topological polar surface area (TPSA) is 36.1 Å². The Labute approximate surface area is 120 Å². The third-order valence-electron chi connectivity index (χ3n) is 4.20. The molecule has 1 aliphatic heterocycles. The zero-order chi connectivity index (χ0) is 13.0. The minimum atomic E-state index is 0.318. The lowest BCUT2D eigenvalue weighted by Gasteiger charge is -2.27. The SMILES string of the molecule is O=C(C1CC1)N1CCc2[nH]c3c(Br)cccc3c2C1. The Balaban J connectivity index is 1.75. The number of amides is 1. The van der Waals surface area contributed by atoms with Gasteiger partial charge in [-0.1, -0.05) is 12.1 Å². The molecule has 2 heterocycles. The second kappa shape index (κ2) is 4.10. The van der Waals surface area contributed by atoms with Crippen LogP contribution >= 0.6 is 15.9 Å². The van der Waals surface area contributed by atoms with E-state index in [1.54, 1.807) is 0 Å². The summed E-state index contributed by atoms with van der Waals surface area (Å²) in [6.45, 7) is 1.62. The lowest BCUT2D eigenvalue weighted by atomic mass is 10.0. The van der Waals surface area contributed by atoms with Crippen molar-refractivity contribution in [2.45, 2.75) is 25.8 Å². The average molecular weight is 319 g/mol. The predicted octanol–water partition coefficient (Wildman–Crippen LogP) is 3.23. The molecule has 4 heteroatoms. The molecule has 0 bridgehead atoms. The Hall–Kier alpha value is -1.29. The van der Waals surface area contributed by atoms with Gasteiger partial charge < -0.3 is 9.88 Å². The first kappa shape index (κ1) is 11.5. The molecule has 4 rings (SSSR count). The van der Waals surface area contributed by atoms with Crippen LogP contribution in [0.5, 0.6) is 0 Å². The first-order valence-corrected chi connectivity index (χ1v) is 7.60. The third kappa shape index (κ3) is 1.81. The van der Waals surface area contributed by atoms with Gasteiger partial charge in [-0.15, -0.1) is 0 Å². The summed E-state index contributed by atoms with van der Waals surface area (Å²) in [6, 6.07) is 6.25. The van der Waals surface area contributed by atoms with Gasteiger partial charge in [-0.05, 0) is 34.8 Å². The average Bonchev–Trinajstić information content (AvgIpc) is 3.20. The number of halogens is 1. The van der Waals surface area contributed by atoms with Crippen molar-refractivity contribution in [3.8, 4) is 0 Å². The summed E-state index contributed by atoms with van der Waals surface area (Å²) in [5, 5.41) is 1.25. The van der Waals surface area contributed by atoms with E-state index < -0.39 is 0 Å². The maximum absolute atomic E-state index is 12.2. The molecule has 2 aromatic rings. The summed E-state index contributed by atoms with van der Waals surface area (Å²) in [5.41, 5.74) is 3.76. The predicted molar refractivity (Wildman–Crippen MR) is 77.8 cm³/mol. The number of carbonyl (C=O) groups excluding carboxylic acids is 1. The van der Waals surface area contributed by atoms with E-state index in [9.17, 15) is 4.79 Å². The number of hydrogen-bond acceptors (Lipinski definition) is 1. The van der Waals surface area contributed by atoms with E-state index in [4.69, 9.17) is 0 Å². The van der Waals surface area contributed by atoms with E-state index in [1.165, 1.54) is 16.6 Å². The van der Waals surface area contributed by atoms with Gasteiger partial charge in [0.05, 0.1) is 5.52 Å². The van der Waals surface area contributed by atoms with Crippen molar-refractivity contribution >= 4 is 32.7 Å². The van der Waals surface area contributed by atoms with Crippen LogP contribution in [0.3, 0.4) is 0 Å². The molecule has 0 radical (unpaired) electrons. The number of para-hydroxylation sites is 1. The van der Waals surface area contributed by atoms with Crippen LogP contribution in [-0.2, 0) is 17.8 Å². The molecule has 0 spiro atoms. The molecule has 0 unspecified atom stereocenters. The Morgan fingerprint density at radius 3 is 3.00 bits per heavy atom. The van der Waals surface area contributed by atoms with Gasteiger partial charge in [0.15, 0.2) is 0 Å². The third-order valence-corrected chi connectivity index (χ3v) is 4.86. The zero-order valence-electron chi connectivity index (χ0n) is 10.6. The summed E-state index contributed by atoms with van der Waals surface area (Å²) < 4.78 is 1.10. The van der Waals surface area contributed by atoms with Crippen molar-refractivity contribution in [1.82, 2.24) is 9.88 Å². The van der Waals surface area contributed by atoms with Crippen molar-refractivity contribution < 1.29 is 4.79 Å². The van der Waals surface area contributed by atoms with Crippen molar-refractivity contribution in [1.29, 1.82) is 0 Å². The van der Waals surface area contributed by atoms with Crippen molar-refractivity contribution in [2.75, 3.05) is 6.54 Å². The van der Waals surface area contributed by atoms with E-state index >= 15 is 0 Å². The minimum absolute atomic E-state index is 0.318. The first-order chi connectivity index (χ1) is 9.24. The fourth-order valence-corrected chi connectivity index (χ4v) is 3.44. The highest BCUT2D eigenvalue weighted by atomic mass is 79.9. The van der Waals surface area contributed by atoms with Gasteiger partial charge in [0.2, 0.25) is 5.91 Å². The van der Waals surface area contributed by atoms with Crippen molar-refractivity contribution in [2.24, 2.45) is 5.92 Å². The van der Waals surface area contributed by atoms with Crippen LogP contribution in [0.25, 0.3) is 10.9 Å².